The minimum Gasteiger partial charge on any atom is -0.463 e. The molecule has 6 nitrogen and oxygen atoms in total. The van der Waals surface area contributed by atoms with Gasteiger partial charge in [-0.15, -0.1) is 0 Å². The van der Waals surface area contributed by atoms with Crippen molar-refractivity contribution in [1.82, 2.24) is 9.13 Å². The molecule has 1 unspecified atom stereocenters. The molecule has 0 saturated heterocycles. The number of thiazole rings is 1. The molecular formula is C37H26Cl2FN3O3S. The highest BCUT2D eigenvalue weighted by molar-refractivity contribution is 7.07. The summed E-state index contributed by atoms with van der Waals surface area (Å²) in [6, 6.07) is 27.7. The number of ether oxygens (including phenoxy) is 1. The molecule has 0 fully saturated rings. The van der Waals surface area contributed by atoms with Gasteiger partial charge in [-0.3, -0.25) is 9.36 Å². The fourth-order valence-corrected chi connectivity index (χ4v) is 7.21. The van der Waals surface area contributed by atoms with Crippen LogP contribution in [-0.4, -0.2) is 21.7 Å². The number of aromatic nitrogens is 2. The standard InChI is InChI=1S/C37H26Cl2FN3O3S/c1-2-46-36(45)32-33(23-8-4-3-5-9-23)41-37-43(34(32)24-13-15-26(40)16-14-24)35(44)31(47-37)19-25-21-42(30-11-7-6-10-27(25)30)20-22-12-17-28(38)29(39)18-22/h3-19,21,34H,2,20H2,1H3/b31-19+. The normalized spacial score (nSPS) is 14.7. The molecule has 2 aromatic heterocycles. The highest BCUT2D eigenvalue weighted by Gasteiger charge is 2.35. The number of carbonyl (C=O) groups is 1. The van der Waals surface area contributed by atoms with Crippen molar-refractivity contribution in [2.24, 2.45) is 4.99 Å². The Bertz CT molecular complexity index is 2380. The molecule has 47 heavy (non-hydrogen) atoms. The maximum absolute atomic E-state index is 14.3. The number of benzene rings is 4. The second-order valence-corrected chi connectivity index (χ2v) is 12.8. The Labute approximate surface area is 282 Å². The lowest BCUT2D eigenvalue weighted by Gasteiger charge is -2.25. The van der Waals surface area contributed by atoms with E-state index in [-0.39, 0.29) is 17.7 Å². The summed E-state index contributed by atoms with van der Waals surface area (Å²) in [7, 11) is 0. The number of hydrogen-bond donors (Lipinski definition) is 0. The van der Waals surface area contributed by atoms with Gasteiger partial charge in [-0.2, -0.15) is 0 Å². The lowest BCUT2D eigenvalue weighted by atomic mass is 9.93. The van der Waals surface area contributed by atoms with Gasteiger partial charge in [0.15, 0.2) is 4.80 Å². The van der Waals surface area contributed by atoms with Crippen LogP contribution in [0.2, 0.25) is 10.0 Å². The van der Waals surface area contributed by atoms with E-state index in [2.05, 4.69) is 4.57 Å². The number of esters is 1. The summed E-state index contributed by atoms with van der Waals surface area (Å²) in [5.74, 6) is -1.02. The van der Waals surface area contributed by atoms with Crippen LogP contribution >= 0.6 is 34.5 Å². The number of fused-ring (bicyclic) bond motifs is 2. The molecule has 1 atom stereocenters. The highest BCUT2D eigenvalue weighted by Crippen LogP contribution is 2.35. The smallest absolute Gasteiger partial charge is 0.338 e. The fourth-order valence-electron chi connectivity index (χ4n) is 5.90. The number of halogens is 3. The molecule has 1 aliphatic rings. The van der Waals surface area contributed by atoms with Crippen LogP contribution in [0.1, 0.15) is 35.2 Å². The molecule has 0 amide bonds. The molecule has 3 heterocycles. The number of nitrogens with zero attached hydrogens (tertiary/aromatic N) is 3. The fraction of sp³-hybridized carbons (Fsp3) is 0.108. The van der Waals surface area contributed by atoms with Crippen LogP contribution in [0.4, 0.5) is 4.39 Å². The quantitative estimate of drug-likeness (QED) is 0.165. The Kier molecular flexibility index (Phi) is 8.40. The van der Waals surface area contributed by atoms with Gasteiger partial charge in [-0.1, -0.05) is 101 Å². The molecule has 0 saturated carbocycles. The zero-order chi connectivity index (χ0) is 32.7. The molecule has 7 rings (SSSR count). The Hall–Kier alpha value is -4.76. The van der Waals surface area contributed by atoms with E-state index in [4.69, 9.17) is 32.9 Å². The summed E-state index contributed by atoms with van der Waals surface area (Å²) < 4.78 is 23.7. The van der Waals surface area contributed by atoms with Gasteiger partial charge in [-0.05, 0) is 54.5 Å². The monoisotopic (exact) mass is 681 g/mol. The third-order valence-corrected chi connectivity index (χ3v) is 9.72. The lowest BCUT2D eigenvalue weighted by Crippen LogP contribution is -2.40. The van der Waals surface area contributed by atoms with E-state index in [0.29, 0.717) is 42.7 Å². The second kappa shape index (κ2) is 12.8. The SMILES string of the molecule is CCOC(=O)C1=C(c2ccccc2)N=c2s/c(=C/c3cn(Cc4ccc(Cl)c(Cl)c4)c4ccccc34)c(=O)n2C1c1ccc(F)cc1. The molecule has 1 aliphatic heterocycles. The number of rotatable bonds is 7. The van der Waals surface area contributed by atoms with E-state index in [9.17, 15) is 14.0 Å². The first kappa shape index (κ1) is 30.9. The summed E-state index contributed by atoms with van der Waals surface area (Å²) in [5, 5.41) is 1.93. The van der Waals surface area contributed by atoms with Crippen molar-refractivity contribution in [2.75, 3.05) is 6.61 Å². The first-order valence-electron chi connectivity index (χ1n) is 14.9. The van der Waals surface area contributed by atoms with Crippen molar-refractivity contribution in [3.8, 4) is 0 Å². The van der Waals surface area contributed by atoms with E-state index >= 15 is 0 Å². The molecule has 234 valence electrons. The van der Waals surface area contributed by atoms with Gasteiger partial charge in [0.2, 0.25) is 0 Å². The van der Waals surface area contributed by atoms with Crippen LogP contribution < -0.4 is 14.9 Å². The first-order chi connectivity index (χ1) is 22.8. The third-order valence-electron chi connectivity index (χ3n) is 8.00. The van der Waals surface area contributed by atoms with Crippen LogP contribution in [0.25, 0.3) is 22.7 Å². The molecule has 0 aliphatic carbocycles. The van der Waals surface area contributed by atoms with Gasteiger partial charge in [0.25, 0.3) is 5.56 Å². The minimum absolute atomic E-state index is 0.136. The summed E-state index contributed by atoms with van der Waals surface area (Å²) in [6.45, 7) is 2.40. The van der Waals surface area contributed by atoms with Crippen LogP contribution in [0.3, 0.4) is 0 Å². The van der Waals surface area contributed by atoms with Crippen LogP contribution in [0, 0.1) is 5.82 Å². The van der Waals surface area contributed by atoms with Crippen molar-refractivity contribution in [3.05, 3.63) is 167 Å². The molecule has 6 aromatic rings. The van der Waals surface area contributed by atoms with Crippen molar-refractivity contribution in [3.63, 3.8) is 0 Å². The van der Waals surface area contributed by atoms with E-state index in [1.165, 1.54) is 28.0 Å². The Morgan fingerprint density at radius 3 is 2.47 bits per heavy atom. The number of carbonyl (C=O) groups excluding carboxylic acids is 1. The Morgan fingerprint density at radius 1 is 0.979 bits per heavy atom. The van der Waals surface area contributed by atoms with E-state index < -0.39 is 17.8 Å². The summed E-state index contributed by atoms with van der Waals surface area (Å²) >= 11 is 13.7. The number of para-hydroxylation sites is 1. The van der Waals surface area contributed by atoms with Crippen LogP contribution in [0.15, 0.2) is 119 Å². The second-order valence-electron chi connectivity index (χ2n) is 11.0. The molecule has 4 aromatic carbocycles. The maximum Gasteiger partial charge on any atom is 0.338 e. The largest absolute Gasteiger partial charge is 0.463 e. The zero-order valence-electron chi connectivity index (χ0n) is 25.0. The highest BCUT2D eigenvalue weighted by atomic mass is 35.5. The third kappa shape index (κ3) is 5.84. The topological polar surface area (TPSA) is 65.6 Å². The Balaban J connectivity index is 1.44. The maximum atomic E-state index is 14.3. The van der Waals surface area contributed by atoms with Gasteiger partial charge in [0, 0.05) is 34.8 Å². The zero-order valence-corrected chi connectivity index (χ0v) is 27.3. The first-order valence-corrected chi connectivity index (χ1v) is 16.5. The average molecular weight is 683 g/mol. The van der Waals surface area contributed by atoms with Crippen LogP contribution in [-0.2, 0) is 16.1 Å². The van der Waals surface area contributed by atoms with Gasteiger partial charge >= 0.3 is 5.97 Å². The average Bonchev–Trinajstić information content (AvgIpc) is 3.59. The van der Waals surface area contributed by atoms with Crippen molar-refractivity contribution in [1.29, 1.82) is 0 Å². The van der Waals surface area contributed by atoms with Gasteiger partial charge in [-0.25, -0.2) is 14.2 Å². The molecule has 10 heteroatoms. The van der Waals surface area contributed by atoms with Crippen molar-refractivity contribution >= 4 is 63.2 Å². The molecule has 0 radical (unpaired) electrons. The van der Waals surface area contributed by atoms with Gasteiger partial charge in [0.1, 0.15) is 5.82 Å². The minimum atomic E-state index is -0.890. The molecule has 0 spiro atoms. The number of hydrogen-bond acceptors (Lipinski definition) is 5. The Morgan fingerprint density at radius 2 is 1.72 bits per heavy atom. The summed E-state index contributed by atoms with van der Waals surface area (Å²) in [4.78, 5) is 33.3. The van der Waals surface area contributed by atoms with Crippen LogP contribution in [0.5, 0.6) is 0 Å². The van der Waals surface area contributed by atoms with E-state index in [1.54, 1.807) is 25.1 Å². The predicted molar refractivity (Wildman–Crippen MR) is 185 cm³/mol. The molecule has 0 bridgehead atoms. The predicted octanol–water partition coefficient (Wildman–Crippen LogP) is 7.38. The molecular weight excluding hydrogens is 656 g/mol. The van der Waals surface area contributed by atoms with E-state index in [0.717, 1.165) is 22.0 Å². The van der Waals surface area contributed by atoms with Crippen molar-refractivity contribution < 1.29 is 13.9 Å². The van der Waals surface area contributed by atoms with E-state index in [1.807, 2.05) is 79.0 Å². The summed E-state index contributed by atoms with van der Waals surface area (Å²) in [6.07, 6.45) is 3.86. The lowest BCUT2D eigenvalue weighted by molar-refractivity contribution is -0.138. The van der Waals surface area contributed by atoms with Crippen molar-refractivity contribution in [2.45, 2.75) is 19.5 Å². The summed E-state index contributed by atoms with van der Waals surface area (Å²) in [5.41, 5.74) is 4.36. The van der Waals surface area contributed by atoms with Gasteiger partial charge < -0.3 is 9.30 Å². The molecule has 0 N–H and O–H groups in total. The van der Waals surface area contributed by atoms with Gasteiger partial charge in [0.05, 0.1) is 38.5 Å².